The Labute approximate surface area is 123 Å². The largest absolute Gasteiger partial charge is 0.478 e. The van der Waals surface area contributed by atoms with Gasteiger partial charge in [-0.2, -0.15) is 0 Å². The Balaban J connectivity index is 2.11. The maximum atomic E-state index is 12.5. The average molecular weight is 292 g/mol. The van der Waals surface area contributed by atoms with E-state index in [1.807, 2.05) is 6.92 Å². The van der Waals surface area contributed by atoms with Crippen LogP contribution in [0.5, 0.6) is 0 Å². The van der Waals surface area contributed by atoms with Crippen LogP contribution >= 0.6 is 0 Å². The van der Waals surface area contributed by atoms with Gasteiger partial charge in [-0.3, -0.25) is 9.78 Å². The van der Waals surface area contributed by atoms with E-state index < -0.39 is 5.97 Å². The first-order valence-electron chi connectivity index (χ1n) is 7.22. The van der Waals surface area contributed by atoms with E-state index in [-0.39, 0.29) is 23.3 Å². The van der Waals surface area contributed by atoms with Gasteiger partial charge in [0.25, 0.3) is 5.91 Å². The SMILES string of the molecule is CCCOC1CCCN(C(=O)c2ncccc2C(=O)O)C1. The quantitative estimate of drug-likeness (QED) is 0.895. The number of aromatic nitrogens is 1. The number of carbonyl (C=O) groups is 2. The second-order valence-electron chi connectivity index (χ2n) is 5.09. The van der Waals surface area contributed by atoms with E-state index in [0.29, 0.717) is 19.7 Å². The van der Waals surface area contributed by atoms with E-state index in [1.54, 1.807) is 4.90 Å². The minimum Gasteiger partial charge on any atom is -0.478 e. The number of piperidine rings is 1. The highest BCUT2D eigenvalue weighted by molar-refractivity contribution is 6.03. The third-order valence-corrected chi connectivity index (χ3v) is 3.46. The van der Waals surface area contributed by atoms with E-state index in [0.717, 1.165) is 19.3 Å². The molecule has 0 aliphatic carbocycles. The Morgan fingerprint density at radius 3 is 3.05 bits per heavy atom. The first kappa shape index (κ1) is 15.4. The molecule has 0 radical (unpaired) electrons. The molecule has 1 unspecified atom stereocenters. The third-order valence-electron chi connectivity index (χ3n) is 3.46. The molecule has 0 saturated carbocycles. The molecular formula is C15H20N2O4. The maximum absolute atomic E-state index is 12.5. The Bertz CT molecular complexity index is 518. The summed E-state index contributed by atoms with van der Waals surface area (Å²) >= 11 is 0. The summed E-state index contributed by atoms with van der Waals surface area (Å²) in [6.07, 6.45) is 4.19. The first-order chi connectivity index (χ1) is 10.1. The lowest BCUT2D eigenvalue weighted by Gasteiger charge is -2.32. The van der Waals surface area contributed by atoms with Gasteiger partial charge < -0.3 is 14.7 Å². The summed E-state index contributed by atoms with van der Waals surface area (Å²) in [7, 11) is 0. The topological polar surface area (TPSA) is 79.7 Å². The summed E-state index contributed by atoms with van der Waals surface area (Å²) in [5.41, 5.74) is -0.0553. The van der Waals surface area contributed by atoms with Crippen molar-refractivity contribution in [3.8, 4) is 0 Å². The fraction of sp³-hybridized carbons (Fsp3) is 0.533. The van der Waals surface area contributed by atoms with Crippen LogP contribution in [0.2, 0.25) is 0 Å². The van der Waals surface area contributed by atoms with Gasteiger partial charge in [0.15, 0.2) is 0 Å². The molecule has 0 spiro atoms. The fourth-order valence-electron chi connectivity index (χ4n) is 2.44. The zero-order valence-electron chi connectivity index (χ0n) is 12.1. The molecule has 1 aromatic heterocycles. The summed E-state index contributed by atoms with van der Waals surface area (Å²) in [5.74, 6) is -1.47. The van der Waals surface area contributed by atoms with E-state index in [9.17, 15) is 9.59 Å². The minimum absolute atomic E-state index is 0.00106. The zero-order valence-corrected chi connectivity index (χ0v) is 12.1. The highest BCUT2D eigenvalue weighted by Gasteiger charge is 2.28. The predicted octanol–water partition coefficient (Wildman–Crippen LogP) is 1.81. The van der Waals surface area contributed by atoms with Gasteiger partial charge in [-0.25, -0.2) is 4.79 Å². The van der Waals surface area contributed by atoms with Gasteiger partial charge in [-0.15, -0.1) is 0 Å². The molecule has 2 rings (SSSR count). The number of hydrogen-bond acceptors (Lipinski definition) is 4. The van der Waals surface area contributed by atoms with Crippen LogP contribution < -0.4 is 0 Å². The van der Waals surface area contributed by atoms with Crippen molar-refractivity contribution in [1.82, 2.24) is 9.88 Å². The first-order valence-corrected chi connectivity index (χ1v) is 7.22. The fourth-order valence-corrected chi connectivity index (χ4v) is 2.44. The lowest BCUT2D eigenvalue weighted by Crippen LogP contribution is -2.44. The van der Waals surface area contributed by atoms with Crippen LogP contribution in [0.1, 0.15) is 47.0 Å². The van der Waals surface area contributed by atoms with Crippen LogP contribution in [0.3, 0.4) is 0 Å². The van der Waals surface area contributed by atoms with Crippen molar-refractivity contribution >= 4 is 11.9 Å². The molecule has 1 N–H and O–H groups in total. The number of nitrogens with zero attached hydrogens (tertiary/aromatic N) is 2. The van der Waals surface area contributed by atoms with Crippen molar-refractivity contribution in [2.24, 2.45) is 0 Å². The number of carbonyl (C=O) groups excluding carboxylic acids is 1. The summed E-state index contributed by atoms with van der Waals surface area (Å²) in [4.78, 5) is 29.3. The highest BCUT2D eigenvalue weighted by Crippen LogP contribution is 2.17. The number of aromatic carboxylic acids is 1. The Hall–Kier alpha value is -1.95. The molecule has 114 valence electrons. The van der Waals surface area contributed by atoms with E-state index in [4.69, 9.17) is 9.84 Å². The van der Waals surface area contributed by atoms with Crippen LogP contribution in [-0.4, -0.2) is 52.7 Å². The molecule has 6 nitrogen and oxygen atoms in total. The lowest BCUT2D eigenvalue weighted by atomic mass is 10.1. The van der Waals surface area contributed by atoms with Crippen molar-refractivity contribution in [3.63, 3.8) is 0 Å². The smallest absolute Gasteiger partial charge is 0.338 e. The lowest BCUT2D eigenvalue weighted by molar-refractivity contribution is 0.00185. The number of ether oxygens (including phenoxy) is 1. The molecule has 6 heteroatoms. The molecule has 1 aliphatic rings. The third kappa shape index (κ3) is 3.78. The molecule has 2 heterocycles. The van der Waals surface area contributed by atoms with Crippen molar-refractivity contribution < 1.29 is 19.4 Å². The number of rotatable bonds is 5. The molecule has 21 heavy (non-hydrogen) atoms. The van der Waals surface area contributed by atoms with E-state index in [2.05, 4.69) is 4.98 Å². The maximum Gasteiger partial charge on any atom is 0.338 e. The summed E-state index contributed by atoms with van der Waals surface area (Å²) < 4.78 is 5.70. The van der Waals surface area contributed by atoms with E-state index >= 15 is 0 Å². The van der Waals surface area contributed by atoms with Crippen LogP contribution in [0.25, 0.3) is 0 Å². The summed E-state index contributed by atoms with van der Waals surface area (Å²) in [6.45, 7) is 3.82. The Morgan fingerprint density at radius 1 is 1.52 bits per heavy atom. The zero-order chi connectivity index (χ0) is 15.2. The van der Waals surface area contributed by atoms with E-state index in [1.165, 1.54) is 18.3 Å². The van der Waals surface area contributed by atoms with Gasteiger partial charge in [0.1, 0.15) is 5.69 Å². The second kappa shape index (κ2) is 7.17. The van der Waals surface area contributed by atoms with Crippen LogP contribution in [0.4, 0.5) is 0 Å². The summed E-state index contributed by atoms with van der Waals surface area (Å²) in [6, 6.07) is 2.92. The Kier molecular flexibility index (Phi) is 5.27. The molecule has 1 saturated heterocycles. The molecule has 0 bridgehead atoms. The highest BCUT2D eigenvalue weighted by atomic mass is 16.5. The van der Waals surface area contributed by atoms with Gasteiger partial charge in [0, 0.05) is 25.9 Å². The molecule has 1 fully saturated rings. The monoisotopic (exact) mass is 292 g/mol. The van der Waals surface area contributed by atoms with Gasteiger partial charge >= 0.3 is 5.97 Å². The number of hydrogen-bond donors (Lipinski definition) is 1. The van der Waals surface area contributed by atoms with Gasteiger partial charge in [-0.1, -0.05) is 6.92 Å². The van der Waals surface area contributed by atoms with Crippen molar-refractivity contribution in [1.29, 1.82) is 0 Å². The predicted molar refractivity (Wildman–Crippen MR) is 76.4 cm³/mol. The number of carboxylic acids is 1. The second-order valence-corrected chi connectivity index (χ2v) is 5.09. The standard InChI is InChI=1S/C15H20N2O4/c1-2-9-21-11-5-4-8-17(10-11)14(18)13-12(15(19)20)6-3-7-16-13/h3,6-7,11H,2,4-5,8-10H2,1H3,(H,19,20). The number of amides is 1. The minimum atomic E-state index is -1.14. The number of pyridine rings is 1. The number of likely N-dealkylation sites (tertiary alicyclic amines) is 1. The van der Waals surface area contributed by atoms with Gasteiger partial charge in [0.05, 0.1) is 11.7 Å². The molecule has 1 atom stereocenters. The van der Waals surface area contributed by atoms with Gasteiger partial charge in [-0.05, 0) is 31.4 Å². The molecule has 1 aliphatic heterocycles. The number of carboxylic acid groups (broad SMARTS) is 1. The van der Waals surface area contributed by atoms with Crippen molar-refractivity contribution in [2.75, 3.05) is 19.7 Å². The molecular weight excluding hydrogens is 272 g/mol. The summed E-state index contributed by atoms with van der Waals surface area (Å²) in [5, 5.41) is 9.15. The van der Waals surface area contributed by atoms with Crippen LogP contribution in [0.15, 0.2) is 18.3 Å². The normalized spacial score (nSPS) is 18.5. The van der Waals surface area contributed by atoms with Crippen LogP contribution in [-0.2, 0) is 4.74 Å². The Morgan fingerprint density at radius 2 is 2.33 bits per heavy atom. The molecule has 1 amide bonds. The average Bonchev–Trinajstić information content (AvgIpc) is 2.52. The van der Waals surface area contributed by atoms with Crippen molar-refractivity contribution in [2.45, 2.75) is 32.3 Å². The molecule has 1 aromatic rings. The van der Waals surface area contributed by atoms with Gasteiger partial charge in [0.2, 0.25) is 0 Å². The van der Waals surface area contributed by atoms with Crippen molar-refractivity contribution in [3.05, 3.63) is 29.6 Å². The molecule has 0 aromatic carbocycles. The van der Waals surface area contributed by atoms with Crippen LogP contribution in [0, 0.1) is 0 Å².